The van der Waals surface area contributed by atoms with Crippen LogP contribution in [0.4, 0.5) is 0 Å². The first-order valence-corrected chi connectivity index (χ1v) is 3.83. The molecule has 10 heavy (non-hydrogen) atoms. The minimum Gasteiger partial charge on any atom is -0.0988 e. The fraction of sp³-hybridized carbons (Fsp3) is 0.400. The number of allylic oxidation sites excluding steroid dienone is 5. The van der Waals surface area contributed by atoms with Gasteiger partial charge in [-0.2, -0.15) is 0 Å². The third-order valence-corrected chi connectivity index (χ3v) is 1.94. The molecule has 0 aromatic heterocycles. The Morgan fingerprint density at radius 1 is 1.60 bits per heavy atom. The van der Waals surface area contributed by atoms with Crippen LogP contribution in [0.15, 0.2) is 36.0 Å². The first-order valence-electron chi connectivity index (χ1n) is 3.83. The first-order chi connectivity index (χ1) is 4.84. The Morgan fingerprint density at radius 2 is 2.40 bits per heavy atom. The molecule has 0 radical (unpaired) electrons. The Morgan fingerprint density at radius 3 is 3.10 bits per heavy atom. The third-order valence-electron chi connectivity index (χ3n) is 1.94. The molecule has 0 aromatic rings. The van der Waals surface area contributed by atoms with Crippen LogP contribution < -0.4 is 0 Å². The Hall–Kier alpha value is -0.780. The van der Waals surface area contributed by atoms with Crippen LogP contribution in [0.2, 0.25) is 0 Å². The summed E-state index contributed by atoms with van der Waals surface area (Å²) in [6.07, 6.45) is 10.1. The van der Waals surface area contributed by atoms with E-state index in [1.54, 1.807) is 0 Å². The van der Waals surface area contributed by atoms with Gasteiger partial charge in [0.05, 0.1) is 0 Å². The average Bonchev–Trinajstić information content (AvgIpc) is 2.13. The van der Waals surface area contributed by atoms with Crippen LogP contribution in [0.1, 0.15) is 26.2 Å². The van der Waals surface area contributed by atoms with Crippen LogP contribution >= 0.6 is 0 Å². The van der Waals surface area contributed by atoms with Gasteiger partial charge in [-0.1, -0.05) is 24.8 Å². The van der Waals surface area contributed by atoms with Gasteiger partial charge in [0.15, 0.2) is 0 Å². The molecule has 0 unspecified atom stereocenters. The van der Waals surface area contributed by atoms with E-state index in [4.69, 9.17) is 0 Å². The van der Waals surface area contributed by atoms with E-state index in [9.17, 15) is 0 Å². The number of hydrogen-bond donors (Lipinski definition) is 0. The molecule has 1 rings (SSSR count). The van der Waals surface area contributed by atoms with Crippen LogP contribution in [0.5, 0.6) is 0 Å². The van der Waals surface area contributed by atoms with Gasteiger partial charge in [0.1, 0.15) is 0 Å². The summed E-state index contributed by atoms with van der Waals surface area (Å²) in [4.78, 5) is 0. The van der Waals surface area contributed by atoms with Gasteiger partial charge in [-0.05, 0) is 37.3 Å². The second-order valence-corrected chi connectivity index (χ2v) is 2.71. The maximum Gasteiger partial charge on any atom is -0.0274 e. The molecule has 0 aliphatic heterocycles. The predicted molar refractivity (Wildman–Crippen MR) is 45.9 cm³/mol. The highest BCUT2D eigenvalue weighted by molar-refractivity contribution is 5.31. The van der Waals surface area contributed by atoms with Crippen LogP contribution in [0, 0.1) is 0 Å². The van der Waals surface area contributed by atoms with Gasteiger partial charge in [0.25, 0.3) is 0 Å². The molecule has 0 amide bonds. The van der Waals surface area contributed by atoms with Crippen molar-refractivity contribution in [3.05, 3.63) is 36.0 Å². The molecular formula is C10H14. The molecular weight excluding hydrogens is 120 g/mol. The molecule has 0 saturated carbocycles. The van der Waals surface area contributed by atoms with Crippen molar-refractivity contribution in [3.63, 3.8) is 0 Å². The van der Waals surface area contributed by atoms with E-state index in [0.717, 1.165) is 0 Å². The minimum absolute atomic E-state index is 1.20. The fourth-order valence-electron chi connectivity index (χ4n) is 1.24. The van der Waals surface area contributed by atoms with Crippen molar-refractivity contribution in [2.45, 2.75) is 26.2 Å². The number of rotatable bonds is 1. The maximum atomic E-state index is 3.78. The summed E-state index contributed by atoms with van der Waals surface area (Å²) in [6, 6.07) is 0. The van der Waals surface area contributed by atoms with Crippen molar-refractivity contribution in [2.75, 3.05) is 0 Å². The van der Waals surface area contributed by atoms with E-state index in [1.165, 1.54) is 30.4 Å². The summed E-state index contributed by atoms with van der Waals surface area (Å²) in [7, 11) is 0. The SMILES string of the molecule is C=CC1=C(C)C=CCCC1. The molecule has 0 N–H and O–H groups in total. The zero-order valence-electron chi connectivity index (χ0n) is 6.56. The van der Waals surface area contributed by atoms with Crippen molar-refractivity contribution >= 4 is 0 Å². The number of hydrogen-bond acceptors (Lipinski definition) is 0. The van der Waals surface area contributed by atoms with E-state index >= 15 is 0 Å². The molecule has 0 aromatic carbocycles. The highest BCUT2D eigenvalue weighted by Gasteiger charge is 1.98. The van der Waals surface area contributed by atoms with E-state index in [0.29, 0.717) is 0 Å². The van der Waals surface area contributed by atoms with Crippen molar-refractivity contribution in [2.24, 2.45) is 0 Å². The summed E-state index contributed by atoms with van der Waals surface area (Å²) in [5.41, 5.74) is 2.79. The summed E-state index contributed by atoms with van der Waals surface area (Å²) in [5, 5.41) is 0. The van der Waals surface area contributed by atoms with Gasteiger partial charge in [-0.25, -0.2) is 0 Å². The second-order valence-electron chi connectivity index (χ2n) is 2.71. The van der Waals surface area contributed by atoms with Gasteiger partial charge < -0.3 is 0 Å². The van der Waals surface area contributed by atoms with Crippen molar-refractivity contribution in [1.82, 2.24) is 0 Å². The van der Waals surface area contributed by atoms with Gasteiger partial charge in [-0.15, -0.1) is 0 Å². The molecule has 1 aliphatic carbocycles. The average molecular weight is 134 g/mol. The molecule has 0 nitrogen and oxygen atoms in total. The fourth-order valence-corrected chi connectivity index (χ4v) is 1.24. The summed E-state index contributed by atoms with van der Waals surface area (Å²) in [5.74, 6) is 0. The smallest absolute Gasteiger partial charge is 0.0274 e. The Bertz CT molecular complexity index is 182. The molecule has 0 heterocycles. The molecule has 0 heteroatoms. The predicted octanol–water partition coefficient (Wildman–Crippen LogP) is 3.23. The zero-order chi connectivity index (χ0) is 7.40. The first kappa shape index (κ1) is 7.33. The van der Waals surface area contributed by atoms with Crippen LogP contribution in [0.3, 0.4) is 0 Å². The van der Waals surface area contributed by atoms with Crippen molar-refractivity contribution < 1.29 is 0 Å². The van der Waals surface area contributed by atoms with Crippen molar-refractivity contribution in [3.8, 4) is 0 Å². The molecule has 54 valence electrons. The Balaban J connectivity index is 2.81. The van der Waals surface area contributed by atoms with Crippen LogP contribution in [-0.4, -0.2) is 0 Å². The highest BCUT2D eigenvalue weighted by Crippen LogP contribution is 2.18. The van der Waals surface area contributed by atoms with Gasteiger partial charge in [-0.3, -0.25) is 0 Å². The second kappa shape index (κ2) is 3.40. The van der Waals surface area contributed by atoms with E-state index in [-0.39, 0.29) is 0 Å². The van der Waals surface area contributed by atoms with Gasteiger partial charge in [0, 0.05) is 0 Å². The lowest BCUT2D eigenvalue weighted by Gasteiger charge is -1.99. The quantitative estimate of drug-likeness (QED) is 0.516. The highest BCUT2D eigenvalue weighted by atomic mass is 14.0. The lowest BCUT2D eigenvalue weighted by atomic mass is 10.1. The van der Waals surface area contributed by atoms with Gasteiger partial charge in [0.2, 0.25) is 0 Å². The summed E-state index contributed by atoms with van der Waals surface area (Å²) >= 11 is 0. The molecule has 0 fully saturated rings. The Labute approximate surface area is 62.9 Å². The Kier molecular flexibility index (Phi) is 2.49. The zero-order valence-corrected chi connectivity index (χ0v) is 6.56. The summed E-state index contributed by atoms with van der Waals surface area (Å²) in [6.45, 7) is 5.94. The van der Waals surface area contributed by atoms with Crippen LogP contribution in [-0.2, 0) is 0 Å². The topological polar surface area (TPSA) is 0 Å². The van der Waals surface area contributed by atoms with Crippen molar-refractivity contribution in [1.29, 1.82) is 0 Å². The third kappa shape index (κ3) is 1.60. The minimum atomic E-state index is 1.20. The van der Waals surface area contributed by atoms with E-state index < -0.39 is 0 Å². The largest absolute Gasteiger partial charge is 0.0988 e. The van der Waals surface area contributed by atoms with Gasteiger partial charge >= 0.3 is 0 Å². The van der Waals surface area contributed by atoms with E-state index in [1.807, 2.05) is 6.08 Å². The molecule has 0 spiro atoms. The lowest BCUT2D eigenvalue weighted by molar-refractivity contribution is 0.852. The standard InChI is InChI=1S/C10H14/c1-3-10-8-6-4-5-7-9(10)2/h3,5,7H,1,4,6,8H2,2H3. The summed E-state index contributed by atoms with van der Waals surface area (Å²) < 4.78 is 0. The van der Waals surface area contributed by atoms with Crippen LogP contribution in [0.25, 0.3) is 0 Å². The monoisotopic (exact) mass is 134 g/mol. The lowest BCUT2D eigenvalue weighted by Crippen LogP contribution is -1.79. The molecule has 0 bridgehead atoms. The molecule has 1 aliphatic rings. The molecule has 0 saturated heterocycles. The maximum absolute atomic E-state index is 3.78. The normalized spacial score (nSPS) is 18.9. The molecule has 0 atom stereocenters. The van der Waals surface area contributed by atoms with E-state index in [2.05, 4.69) is 25.7 Å².